The molecule has 0 aliphatic carbocycles. The van der Waals surface area contributed by atoms with Gasteiger partial charge in [-0.2, -0.15) is 0 Å². The summed E-state index contributed by atoms with van der Waals surface area (Å²) in [5.74, 6) is 2.20. The SMILES string of the molecule is CNCC(Cc1ccc(Cl)cc1)C(C)CC(C)C. The van der Waals surface area contributed by atoms with Crippen LogP contribution in [0.4, 0.5) is 0 Å². The van der Waals surface area contributed by atoms with Crippen LogP contribution in [0.2, 0.25) is 5.02 Å². The Morgan fingerprint density at radius 3 is 2.22 bits per heavy atom. The molecule has 2 atom stereocenters. The summed E-state index contributed by atoms with van der Waals surface area (Å²) in [7, 11) is 2.04. The van der Waals surface area contributed by atoms with Gasteiger partial charge >= 0.3 is 0 Å². The van der Waals surface area contributed by atoms with Crippen molar-refractivity contribution in [3.05, 3.63) is 34.9 Å². The van der Waals surface area contributed by atoms with Gasteiger partial charge in [-0.1, -0.05) is 44.5 Å². The lowest BCUT2D eigenvalue weighted by molar-refractivity contribution is 0.295. The lowest BCUT2D eigenvalue weighted by atomic mass is 9.83. The Bertz CT molecular complexity index is 331. The predicted molar refractivity (Wildman–Crippen MR) is 81.2 cm³/mol. The van der Waals surface area contributed by atoms with Gasteiger partial charge in [-0.3, -0.25) is 0 Å². The Hall–Kier alpha value is -0.530. The molecule has 18 heavy (non-hydrogen) atoms. The first-order valence-corrected chi connectivity index (χ1v) is 7.29. The molecule has 0 saturated carbocycles. The van der Waals surface area contributed by atoms with Gasteiger partial charge in [-0.25, -0.2) is 0 Å². The van der Waals surface area contributed by atoms with E-state index in [-0.39, 0.29) is 0 Å². The number of rotatable bonds is 7. The minimum Gasteiger partial charge on any atom is -0.319 e. The van der Waals surface area contributed by atoms with Crippen LogP contribution in [0.15, 0.2) is 24.3 Å². The van der Waals surface area contributed by atoms with E-state index < -0.39 is 0 Å². The summed E-state index contributed by atoms with van der Waals surface area (Å²) in [6.45, 7) is 8.05. The zero-order valence-corrected chi connectivity index (χ0v) is 12.8. The van der Waals surface area contributed by atoms with Gasteiger partial charge in [0.05, 0.1) is 0 Å². The molecule has 2 unspecified atom stereocenters. The van der Waals surface area contributed by atoms with Gasteiger partial charge in [0, 0.05) is 5.02 Å². The molecule has 0 saturated heterocycles. The third-order valence-electron chi connectivity index (χ3n) is 3.53. The first kappa shape index (κ1) is 15.5. The van der Waals surface area contributed by atoms with Crippen molar-refractivity contribution in [2.24, 2.45) is 17.8 Å². The molecule has 0 heterocycles. The van der Waals surface area contributed by atoms with Crippen LogP contribution in [0.3, 0.4) is 0 Å². The molecule has 0 amide bonds. The molecule has 0 spiro atoms. The number of benzene rings is 1. The van der Waals surface area contributed by atoms with Crippen LogP contribution < -0.4 is 5.32 Å². The fourth-order valence-corrected chi connectivity index (χ4v) is 2.72. The van der Waals surface area contributed by atoms with E-state index in [2.05, 4.69) is 38.2 Å². The molecule has 1 rings (SSSR count). The van der Waals surface area contributed by atoms with E-state index in [1.807, 2.05) is 19.2 Å². The first-order chi connectivity index (χ1) is 8.52. The normalized spacial score (nSPS) is 14.8. The molecule has 0 radical (unpaired) electrons. The van der Waals surface area contributed by atoms with Crippen molar-refractivity contribution in [3.63, 3.8) is 0 Å². The standard InChI is InChI=1S/C16H26ClN/c1-12(2)9-13(3)15(11-18-4)10-14-5-7-16(17)8-6-14/h5-8,12-13,15,18H,9-11H2,1-4H3. The highest BCUT2D eigenvalue weighted by Gasteiger charge is 2.18. The summed E-state index contributed by atoms with van der Waals surface area (Å²) in [6.07, 6.45) is 2.42. The summed E-state index contributed by atoms with van der Waals surface area (Å²) < 4.78 is 0. The molecule has 0 aliphatic heterocycles. The van der Waals surface area contributed by atoms with Gasteiger partial charge < -0.3 is 5.32 Å². The van der Waals surface area contributed by atoms with E-state index in [9.17, 15) is 0 Å². The third kappa shape index (κ3) is 5.41. The molecule has 0 fully saturated rings. The van der Waals surface area contributed by atoms with Crippen molar-refractivity contribution in [2.75, 3.05) is 13.6 Å². The van der Waals surface area contributed by atoms with E-state index >= 15 is 0 Å². The van der Waals surface area contributed by atoms with Gasteiger partial charge in [0.2, 0.25) is 0 Å². The Kier molecular flexibility index (Phi) is 6.73. The second-order valence-corrected chi connectivity index (χ2v) is 6.19. The number of nitrogens with one attached hydrogen (secondary N) is 1. The number of hydrogen-bond donors (Lipinski definition) is 1. The first-order valence-electron chi connectivity index (χ1n) is 6.92. The van der Waals surface area contributed by atoms with Crippen molar-refractivity contribution < 1.29 is 0 Å². The van der Waals surface area contributed by atoms with Crippen LogP contribution in [-0.4, -0.2) is 13.6 Å². The third-order valence-corrected chi connectivity index (χ3v) is 3.78. The largest absolute Gasteiger partial charge is 0.319 e. The number of hydrogen-bond acceptors (Lipinski definition) is 1. The van der Waals surface area contributed by atoms with Crippen LogP contribution in [0.1, 0.15) is 32.8 Å². The zero-order chi connectivity index (χ0) is 13.5. The quantitative estimate of drug-likeness (QED) is 0.772. The average molecular weight is 268 g/mol. The monoisotopic (exact) mass is 267 g/mol. The molecule has 1 aromatic rings. The maximum atomic E-state index is 5.93. The summed E-state index contributed by atoms with van der Waals surface area (Å²) in [5, 5.41) is 4.15. The lowest BCUT2D eigenvalue weighted by Gasteiger charge is -2.25. The summed E-state index contributed by atoms with van der Waals surface area (Å²) in [5.41, 5.74) is 1.38. The van der Waals surface area contributed by atoms with Gasteiger partial charge in [0.25, 0.3) is 0 Å². The Morgan fingerprint density at radius 2 is 1.72 bits per heavy atom. The Balaban J connectivity index is 2.64. The molecular formula is C16H26ClN. The topological polar surface area (TPSA) is 12.0 Å². The number of halogens is 1. The average Bonchev–Trinajstić information content (AvgIpc) is 2.30. The highest BCUT2D eigenvalue weighted by molar-refractivity contribution is 6.30. The van der Waals surface area contributed by atoms with Crippen LogP contribution in [0.25, 0.3) is 0 Å². The molecule has 102 valence electrons. The highest BCUT2D eigenvalue weighted by Crippen LogP contribution is 2.24. The van der Waals surface area contributed by atoms with Crippen LogP contribution in [0.5, 0.6) is 0 Å². The Morgan fingerprint density at radius 1 is 1.11 bits per heavy atom. The van der Waals surface area contributed by atoms with Crippen molar-refractivity contribution in [1.29, 1.82) is 0 Å². The molecule has 2 heteroatoms. The molecule has 0 bridgehead atoms. The fourth-order valence-electron chi connectivity index (χ4n) is 2.60. The lowest BCUT2D eigenvalue weighted by Crippen LogP contribution is -2.27. The highest BCUT2D eigenvalue weighted by atomic mass is 35.5. The van der Waals surface area contributed by atoms with E-state index in [1.165, 1.54) is 12.0 Å². The maximum Gasteiger partial charge on any atom is 0.0406 e. The summed E-state index contributed by atoms with van der Waals surface area (Å²) >= 11 is 5.93. The van der Waals surface area contributed by atoms with Crippen molar-refractivity contribution in [1.82, 2.24) is 5.32 Å². The molecular weight excluding hydrogens is 242 g/mol. The van der Waals surface area contributed by atoms with E-state index in [1.54, 1.807) is 0 Å². The van der Waals surface area contributed by atoms with Crippen LogP contribution in [0, 0.1) is 17.8 Å². The summed E-state index contributed by atoms with van der Waals surface area (Å²) in [6, 6.07) is 8.26. The van der Waals surface area contributed by atoms with Gasteiger partial charge in [-0.05, 0) is 61.9 Å². The second kappa shape index (κ2) is 7.81. The van der Waals surface area contributed by atoms with Crippen LogP contribution >= 0.6 is 11.6 Å². The van der Waals surface area contributed by atoms with Gasteiger partial charge in [0.15, 0.2) is 0 Å². The zero-order valence-electron chi connectivity index (χ0n) is 12.0. The predicted octanol–water partition coefficient (Wildman–Crippen LogP) is 4.40. The van der Waals surface area contributed by atoms with Crippen molar-refractivity contribution in [3.8, 4) is 0 Å². The van der Waals surface area contributed by atoms with Crippen LogP contribution in [-0.2, 0) is 6.42 Å². The smallest absolute Gasteiger partial charge is 0.0406 e. The van der Waals surface area contributed by atoms with Gasteiger partial charge in [-0.15, -0.1) is 0 Å². The van der Waals surface area contributed by atoms with Crippen molar-refractivity contribution in [2.45, 2.75) is 33.6 Å². The van der Waals surface area contributed by atoms with E-state index in [0.29, 0.717) is 5.92 Å². The molecule has 1 aromatic carbocycles. The molecule has 1 N–H and O–H groups in total. The molecule has 0 aliphatic rings. The molecule has 0 aromatic heterocycles. The fraction of sp³-hybridized carbons (Fsp3) is 0.625. The minimum absolute atomic E-state index is 0.693. The second-order valence-electron chi connectivity index (χ2n) is 5.76. The van der Waals surface area contributed by atoms with Crippen molar-refractivity contribution >= 4 is 11.6 Å². The van der Waals surface area contributed by atoms with Gasteiger partial charge in [0.1, 0.15) is 0 Å². The Labute approximate surface area is 117 Å². The molecule has 1 nitrogen and oxygen atoms in total. The summed E-state index contributed by atoms with van der Waals surface area (Å²) in [4.78, 5) is 0. The maximum absolute atomic E-state index is 5.93. The van der Waals surface area contributed by atoms with E-state index in [0.717, 1.165) is 29.8 Å². The minimum atomic E-state index is 0.693. The van der Waals surface area contributed by atoms with E-state index in [4.69, 9.17) is 11.6 Å².